The predicted octanol–water partition coefficient (Wildman–Crippen LogP) is 5.78. The number of amides is 2. The van der Waals surface area contributed by atoms with Gasteiger partial charge in [0.25, 0.3) is 15.9 Å². The number of carbonyl (C=O) groups excluding carboxylic acids is 2. The SMILES string of the molecule is COc1ccc(CCNC(=O)c2ccccc2NC(=O)CN(c2ccc(C)c(C)c2)S(=O)(=O)c2ccc(Cl)cc2)cc1OC. The number of methoxy groups -OCH3 is 2. The zero-order chi connectivity index (χ0) is 31.9. The average molecular weight is 636 g/mol. The summed E-state index contributed by atoms with van der Waals surface area (Å²) in [6.45, 7) is 3.59. The molecule has 0 bridgehead atoms. The van der Waals surface area contributed by atoms with Crippen LogP contribution in [0.25, 0.3) is 0 Å². The highest BCUT2D eigenvalue weighted by Gasteiger charge is 2.28. The highest BCUT2D eigenvalue weighted by Crippen LogP contribution is 2.28. The molecule has 11 heteroatoms. The van der Waals surface area contributed by atoms with Crippen LogP contribution in [0, 0.1) is 13.8 Å². The molecule has 0 saturated carbocycles. The Kier molecular flexibility index (Phi) is 10.5. The van der Waals surface area contributed by atoms with Crippen molar-refractivity contribution < 1.29 is 27.5 Å². The van der Waals surface area contributed by atoms with Gasteiger partial charge in [-0.3, -0.25) is 13.9 Å². The van der Waals surface area contributed by atoms with E-state index < -0.39 is 22.5 Å². The maximum absolute atomic E-state index is 13.7. The van der Waals surface area contributed by atoms with Crippen LogP contribution in [-0.4, -0.2) is 47.5 Å². The number of nitrogens with one attached hydrogen (secondary N) is 2. The molecule has 4 aromatic rings. The number of nitrogens with zero attached hydrogens (tertiary/aromatic N) is 1. The first-order chi connectivity index (χ1) is 21.0. The number of benzene rings is 4. The molecule has 0 saturated heterocycles. The van der Waals surface area contributed by atoms with Gasteiger partial charge in [0.2, 0.25) is 5.91 Å². The zero-order valence-electron chi connectivity index (χ0n) is 24.9. The smallest absolute Gasteiger partial charge is 0.264 e. The normalized spacial score (nSPS) is 11.0. The van der Waals surface area contributed by atoms with Crippen molar-refractivity contribution in [2.24, 2.45) is 0 Å². The summed E-state index contributed by atoms with van der Waals surface area (Å²) in [4.78, 5) is 26.5. The van der Waals surface area contributed by atoms with Gasteiger partial charge >= 0.3 is 0 Å². The molecule has 0 radical (unpaired) electrons. The fourth-order valence-corrected chi connectivity index (χ4v) is 6.03. The van der Waals surface area contributed by atoms with E-state index in [2.05, 4.69) is 10.6 Å². The number of hydrogen-bond donors (Lipinski definition) is 2. The van der Waals surface area contributed by atoms with Gasteiger partial charge in [-0.25, -0.2) is 8.42 Å². The maximum Gasteiger partial charge on any atom is 0.264 e. The van der Waals surface area contributed by atoms with Gasteiger partial charge in [-0.05, 0) is 97.6 Å². The summed E-state index contributed by atoms with van der Waals surface area (Å²) >= 11 is 5.98. The molecule has 9 nitrogen and oxygen atoms in total. The molecule has 4 aromatic carbocycles. The molecule has 2 amide bonds. The van der Waals surface area contributed by atoms with E-state index in [0.717, 1.165) is 21.0 Å². The Bertz CT molecular complexity index is 1760. The van der Waals surface area contributed by atoms with Crippen molar-refractivity contribution in [2.75, 3.05) is 36.9 Å². The number of para-hydroxylation sites is 1. The molecule has 0 aliphatic heterocycles. The molecule has 0 spiro atoms. The van der Waals surface area contributed by atoms with E-state index in [4.69, 9.17) is 21.1 Å². The number of aryl methyl sites for hydroxylation is 2. The first-order valence-electron chi connectivity index (χ1n) is 13.8. The fourth-order valence-electron chi connectivity index (χ4n) is 4.49. The van der Waals surface area contributed by atoms with Gasteiger partial charge in [-0.2, -0.15) is 0 Å². The topological polar surface area (TPSA) is 114 Å². The standard InChI is InChI=1S/C33H34ClN3O6S/c1-22-9-13-26(19-23(22)2)37(44(40,41)27-14-11-25(34)12-15-27)21-32(38)36-29-8-6-5-7-28(29)33(39)35-18-17-24-10-16-30(42-3)31(20-24)43-4/h5-16,19-20H,17-18,21H2,1-4H3,(H,35,39)(H,36,38). The Labute approximate surface area is 262 Å². The Morgan fingerprint density at radius 3 is 2.23 bits per heavy atom. The van der Waals surface area contributed by atoms with Gasteiger partial charge in [0.05, 0.1) is 36.1 Å². The van der Waals surface area contributed by atoms with E-state index in [1.807, 2.05) is 26.0 Å². The average Bonchev–Trinajstić information content (AvgIpc) is 3.01. The minimum Gasteiger partial charge on any atom is -0.493 e. The zero-order valence-corrected chi connectivity index (χ0v) is 26.5. The molecule has 0 aromatic heterocycles. The minimum absolute atomic E-state index is 0.0119. The predicted molar refractivity (Wildman–Crippen MR) is 173 cm³/mol. The van der Waals surface area contributed by atoms with Gasteiger partial charge in [-0.15, -0.1) is 0 Å². The van der Waals surface area contributed by atoms with E-state index in [1.165, 1.54) is 24.3 Å². The molecule has 0 heterocycles. The lowest BCUT2D eigenvalue weighted by Gasteiger charge is -2.25. The monoisotopic (exact) mass is 635 g/mol. The fraction of sp³-hybridized carbons (Fsp3) is 0.212. The van der Waals surface area contributed by atoms with Crippen LogP contribution in [0.4, 0.5) is 11.4 Å². The molecule has 0 aliphatic rings. The van der Waals surface area contributed by atoms with E-state index in [1.54, 1.807) is 62.8 Å². The number of rotatable bonds is 12. The lowest BCUT2D eigenvalue weighted by atomic mass is 10.1. The summed E-state index contributed by atoms with van der Waals surface area (Å²) in [5, 5.41) is 5.99. The summed E-state index contributed by atoms with van der Waals surface area (Å²) < 4.78 is 39.1. The Morgan fingerprint density at radius 1 is 0.841 bits per heavy atom. The number of halogens is 1. The largest absolute Gasteiger partial charge is 0.493 e. The van der Waals surface area contributed by atoms with Crippen molar-refractivity contribution >= 4 is 44.8 Å². The van der Waals surface area contributed by atoms with E-state index >= 15 is 0 Å². The van der Waals surface area contributed by atoms with Crippen molar-refractivity contribution in [1.82, 2.24) is 5.32 Å². The van der Waals surface area contributed by atoms with Gasteiger partial charge < -0.3 is 20.1 Å². The van der Waals surface area contributed by atoms with Crippen LogP contribution in [0.3, 0.4) is 0 Å². The van der Waals surface area contributed by atoms with E-state index in [-0.39, 0.29) is 22.1 Å². The quantitative estimate of drug-likeness (QED) is 0.204. The highest BCUT2D eigenvalue weighted by atomic mass is 35.5. The second-order valence-corrected chi connectivity index (χ2v) is 12.3. The number of sulfonamides is 1. The third kappa shape index (κ3) is 7.69. The first kappa shape index (κ1) is 32.4. The second kappa shape index (κ2) is 14.3. The van der Waals surface area contributed by atoms with Crippen LogP contribution in [0.2, 0.25) is 5.02 Å². The molecule has 2 N–H and O–H groups in total. The van der Waals surface area contributed by atoms with Crippen LogP contribution in [0.5, 0.6) is 11.5 Å². The summed E-state index contributed by atoms with van der Waals surface area (Å²) in [6.07, 6.45) is 0.536. The van der Waals surface area contributed by atoms with Crippen molar-refractivity contribution in [1.29, 1.82) is 0 Å². The van der Waals surface area contributed by atoms with Gasteiger partial charge in [0, 0.05) is 11.6 Å². The number of ether oxygens (including phenoxy) is 2. The van der Waals surface area contributed by atoms with Gasteiger partial charge in [0.1, 0.15) is 6.54 Å². The molecule has 44 heavy (non-hydrogen) atoms. The van der Waals surface area contributed by atoms with Crippen molar-refractivity contribution in [2.45, 2.75) is 25.2 Å². The van der Waals surface area contributed by atoms with E-state index in [9.17, 15) is 18.0 Å². The Balaban J connectivity index is 1.51. The number of carbonyl (C=O) groups is 2. The lowest BCUT2D eigenvalue weighted by molar-refractivity contribution is -0.114. The lowest BCUT2D eigenvalue weighted by Crippen LogP contribution is -2.38. The number of hydrogen-bond acceptors (Lipinski definition) is 6. The van der Waals surface area contributed by atoms with Gasteiger partial charge in [-0.1, -0.05) is 35.9 Å². The van der Waals surface area contributed by atoms with Crippen molar-refractivity contribution in [3.8, 4) is 11.5 Å². The summed E-state index contributed by atoms with van der Waals surface area (Å²) in [5.74, 6) is 0.201. The molecule has 0 unspecified atom stereocenters. The summed E-state index contributed by atoms with van der Waals surface area (Å²) in [6, 6.07) is 23.0. The van der Waals surface area contributed by atoms with Crippen LogP contribution in [0.1, 0.15) is 27.0 Å². The van der Waals surface area contributed by atoms with Crippen LogP contribution in [0.15, 0.2) is 89.8 Å². The summed E-state index contributed by atoms with van der Waals surface area (Å²) in [5.41, 5.74) is 3.62. The van der Waals surface area contributed by atoms with Crippen molar-refractivity contribution in [3.63, 3.8) is 0 Å². The molecule has 0 atom stereocenters. The number of anilines is 2. The van der Waals surface area contributed by atoms with Crippen molar-refractivity contribution in [3.05, 3.63) is 112 Å². The molecule has 230 valence electrons. The maximum atomic E-state index is 13.7. The third-order valence-corrected chi connectivity index (χ3v) is 9.10. The molecular formula is C33H34ClN3O6S. The van der Waals surface area contributed by atoms with Crippen LogP contribution in [-0.2, 0) is 21.2 Å². The molecule has 0 aliphatic carbocycles. The Morgan fingerprint density at radius 2 is 1.55 bits per heavy atom. The third-order valence-electron chi connectivity index (χ3n) is 7.06. The van der Waals surface area contributed by atoms with Crippen LogP contribution >= 0.6 is 11.6 Å². The van der Waals surface area contributed by atoms with E-state index in [0.29, 0.717) is 35.2 Å². The molecular weight excluding hydrogens is 602 g/mol. The minimum atomic E-state index is -4.14. The molecule has 0 fully saturated rings. The highest BCUT2D eigenvalue weighted by molar-refractivity contribution is 7.92. The molecule has 4 rings (SSSR count). The Hall–Kier alpha value is -4.54. The summed E-state index contributed by atoms with van der Waals surface area (Å²) in [7, 11) is -1.02. The second-order valence-electron chi connectivity index (χ2n) is 10.0. The van der Waals surface area contributed by atoms with Crippen LogP contribution < -0.4 is 24.4 Å². The van der Waals surface area contributed by atoms with Gasteiger partial charge in [0.15, 0.2) is 11.5 Å². The first-order valence-corrected chi connectivity index (χ1v) is 15.6.